The van der Waals surface area contributed by atoms with Crippen molar-refractivity contribution in [1.82, 2.24) is 0 Å². The molecule has 1 aliphatic rings. The van der Waals surface area contributed by atoms with Crippen LogP contribution in [0.25, 0.3) is 0 Å². The van der Waals surface area contributed by atoms with Gasteiger partial charge in [0.15, 0.2) is 0 Å². The van der Waals surface area contributed by atoms with E-state index >= 15 is 0 Å². The highest BCUT2D eigenvalue weighted by Gasteiger charge is 2.25. The molecule has 0 aromatic heterocycles. The van der Waals surface area contributed by atoms with Gasteiger partial charge in [-0.2, -0.15) is 0 Å². The first kappa shape index (κ1) is 11.9. The molecule has 0 amide bonds. The molecule has 4 heteroatoms. The number of hydrogen-bond acceptors (Lipinski definition) is 2. The number of aromatic carboxylic acids is 1. The first-order valence-electron chi connectivity index (χ1n) is 5.89. The van der Waals surface area contributed by atoms with Crippen molar-refractivity contribution in [2.45, 2.75) is 32.2 Å². The van der Waals surface area contributed by atoms with Crippen molar-refractivity contribution in [2.24, 2.45) is 0 Å². The van der Waals surface area contributed by atoms with E-state index in [-0.39, 0.29) is 11.6 Å². The van der Waals surface area contributed by atoms with E-state index in [4.69, 9.17) is 5.11 Å². The highest BCUT2D eigenvalue weighted by Crippen LogP contribution is 2.29. The zero-order chi connectivity index (χ0) is 12.4. The number of nitrogens with zero attached hydrogens (tertiary/aromatic N) is 1. The molecule has 0 radical (unpaired) electrons. The van der Waals surface area contributed by atoms with E-state index in [1.165, 1.54) is 6.07 Å². The van der Waals surface area contributed by atoms with Gasteiger partial charge in [0.25, 0.3) is 0 Å². The first-order valence-corrected chi connectivity index (χ1v) is 5.89. The third-order valence-electron chi connectivity index (χ3n) is 3.32. The summed E-state index contributed by atoms with van der Waals surface area (Å²) in [7, 11) is 0. The number of anilines is 1. The first-order chi connectivity index (χ1) is 8.11. The summed E-state index contributed by atoms with van der Waals surface area (Å²) in [5.41, 5.74) is 0.297. The molecule has 92 valence electrons. The molecule has 0 aliphatic carbocycles. The molecule has 17 heavy (non-hydrogen) atoms. The Labute approximate surface area is 99.9 Å². The molecule has 1 saturated heterocycles. The molecule has 0 saturated carbocycles. The Morgan fingerprint density at radius 1 is 1.47 bits per heavy atom. The van der Waals surface area contributed by atoms with Crippen LogP contribution in [-0.4, -0.2) is 23.7 Å². The Balaban J connectivity index is 2.43. The van der Waals surface area contributed by atoms with Crippen LogP contribution in [0.4, 0.5) is 10.1 Å². The summed E-state index contributed by atoms with van der Waals surface area (Å²) < 4.78 is 13.6. The van der Waals surface area contributed by atoms with E-state index in [2.05, 4.69) is 6.92 Å². The number of carboxylic acids is 1. The van der Waals surface area contributed by atoms with E-state index in [0.717, 1.165) is 25.8 Å². The Hall–Kier alpha value is -1.58. The molecule has 1 aromatic rings. The molecule has 0 spiro atoms. The lowest BCUT2D eigenvalue weighted by Crippen LogP contribution is -2.38. The Morgan fingerprint density at radius 2 is 2.24 bits per heavy atom. The molecule has 1 aromatic carbocycles. The van der Waals surface area contributed by atoms with Crippen molar-refractivity contribution in [3.05, 3.63) is 29.6 Å². The largest absolute Gasteiger partial charge is 0.478 e. The molecule has 1 N–H and O–H groups in total. The molecule has 1 unspecified atom stereocenters. The van der Waals surface area contributed by atoms with E-state index in [0.29, 0.717) is 5.69 Å². The van der Waals surface area contributed by atoms with Gasteiger partial charge in [-0.3, -0.25) is 0 Å². The lowest BCUT2D eigenvalue weighted by molar-refractivity contribution is 0.0692. The smallest absolute Gasteiger partial charge is 0.340 e. The SMILES string of the molecule is CC1CCCCN1c1cccc(F)c1C(=O)O. The summed E-state index contributed by atoms with van der Waals surface area (Å²) in [6.07, 6.45) is 3.20. The van der Waals surface area contributed by atoms with Crippen LogP contribution < -0.4 is 4.90 Å². The number of rotatable bonds is 2. The van der Waals surface area contributed by atoms with E-state index < -0.39 is 11.8 Å². The second kappa shape index (κ2) is 4.73. The van der Waals surface area contributed by atoms with Crippen molar-refractivity contribution in [3.63, 3.8) is 0 Å². The van der Waals surface area contributed by atoms with Gasteiger partial charge >= 0.3 is 5.97 Å². The molecule has 1 atom stereocenters. The highest BCUT2D eigenvalue weighted by molar-refractivity contribution is 5.94. The van der Waals surface area contributed by atoms with Gasteiger partial charge < -0.3 is 10.0 Å². The van der Waals surface area contributed by atoms with Gasteiger partial charge in [0, 0.05) is 12.6 Å². The second-order valence-corrected chi connectivity index (χ2v) is 4.48. The standard InChI is InChI=1S/C13H16FNO2/c1-9-5-2-3-8-15(9)11-7-4-6-10(14)12(11)13(16)17/h4,6-7,9H,2-3,5,8H2,1H3,(H,16,17). The molecule has 0 bridgehead atoms. The van der Waals surface area contributed by atoms with Crippen molar-refractivity contribution in [3.8, 4) is 0 Å². The highest BCUT2D eigenvalue weighted by atomic mass is 19.1. The van der Waals surface area contributed by atoms with Gasteiger partial charge in [0.05, 0.1) is 5.69 Å². The van der Waals surface area contributed by atoms with Gasteiger partial charge in [-0.15, -0.1) is 0 Å². The molecule has 1 heterocycles. The summed E-state index contributed by atoms with van der Waals surface area (Å²) in [6.45, 7) is 2.85. The van der Waals surface area contributed by atoms with Crippen LogP contribution in [0.5, 0.6) is 0 Å². The minimum absolute atomic E-state index is 0.207. The van der Waals surface area contributed by atoms with Crippen LogP contribution >= 0.6 is 0 Å². The predicted octanol–water partition coefficient (Wildman–Crippen LogP) is 2.90. The zero-order valence-electron chi connectivity index (χ0n) is 9.82. The number of benzene rings is 1. The fourth-order valence-corrected chi connectivity index (χ4v) is 2.42. The maximum Gasteiger partial charge on any atom is 0.340 e. The number of carboxylic acid groups (broad SMARTS) is 1. The Kier molecular flexibility index (Phi) is 3.31. The third-order valence-corrected chi connectivity index (χ3v) is 3.32. The summed E-state index contributed by atoms with van der Waals surface area (Å²) in [4.78, 5) is 13.1. The number of carbonyl (C=O) groups is 1. The Bertz CT molecular complexity index is 433. The average Bonchev–Trinajstić information content (AvgIpc) is 2.28. The van der Waals surface area contributed by atoms with Gasteiger partial charge in [-0.25, -0.2) is 9.18 Å². The van der Waals surface area contributed by atoms with Crippen molar-refractivity contribution < 1.29 is 14.3 Å². The molecule has 1 aliphatic heterocycles. The van der Waals surface area contributed by atoms with Crippen molar-refractivity contribution in [2.75, 3.05) is 11.4 Å². The minimum atomic E-state index is -1.20. The lowest BCUT2D eigenvalue weighted by Gasteiger charge is -2.36. The molecule has 1 fully saturated rings. The number of hydrogen-bond donors (Lipinski definition) is 1. The van der Waals surface area contributed by atoms with E-state index in [1.54, 1.807) is 12.1 Å². The van der Waals surface area contributed by atoms with Gasteiger partial charge in [-0.1, -0.05) is 6.07 Å². The average molecular weight is 237 g/mol. The quantitative estimate of drug-likeness (QED) is 0.859. The number of piperidine rings is 1. The monoisotopic (exact) mass is 237 g/mol. The van der Waals surface area contributed by atoms with Crippen molar-refractivity contribution >= 4 is 11.7 Å². The van der Waals surface area contributed by atoms with E-state index in [1.807, 2.05) is 4.90 Å². The summed E-state index contributed by atoms with van der Waals surface area (Å²) in [6, 6.07) is 4.72. The van der Waals surface area contributed by atoms with Crippen LogP contribution in [-0.2, 0) is 0 Å². The second-order valence-electron chi connectivity index (χ2n) is 4.48. The van der Waals surface area contributed by atoms with Crippen LogP contribution in [0.1, 0.15) is 36.5 Å². The minimum Gasteiger partial charge on any atom is -0.478 e. The fraction of sp³-hybridized carbons (Fsp3) is 0.462. The number of halogens is 1. The van der Waals surface area contributed by atoms with Crippen LogP contribution in [0, 0.1) is 5.82 Å². The van der Waals surface area contributed by atoms with Crippen molar-refractivity contribution in [1.29, 1.82) is 0 Å². The summed E-state index contributed by atoms with van der Waals surface area (Å²) >= 11 is 0. The van der Waals surface area contributed by atoms with Crippen LogP contribution in [0.2, 0.25) is 0 Å². The Morgan fingerprint density at radius 3 is 2.88 bits per heavy atom. The maximum atomic E-state index is 13.6. The maximum absolute atomic E-state index is 13.6. The molecule has 2 rings (SSSR count). The lowest BCUT2D eigenvalue weighted by atomic mass is 10.0. The van der Waals surface area contributed by atoms with Crippen LogP contribution in [0.3, 0.4) is 0 Å². The van der Waals surface area contributed by atoms with Gasteiger partial charge in [-0.05, 0) is 38.3 Å². The zero-order valence-corrected chi connectivity index (χ0v) is 9.82. The fourth-order valence-electron chi connectivity index (χ4n) is 2.42. The van der Waals surface area contributed by atoms with Gasteiger partial charge in [0.1, 0.15) is 11.4 Å². The molecule has 3 nitrogen and oxygen atoms in total. The molecular formula is C13H16FNO2. The molecular weight excluding hydrogens is 221 g/mol. The van der Waals surface area contributed by atoms with Crippen LogP contribution in [0.15, 0.2) is 18.2 Å². The third kappa shape index (κ3) is 2.25. The normalized spacial score (nSPS) is 20.4. The summed E-state index contributed by atoms with van der Waals surface area (Å²) in [5.74, 6) is -1.86. The van der Waals surface area contributed by atoms with Gasteiger partial charge in [0.2, 0.25) is 0 Å². The predicted molar refractivity (Wildman–Crippen MR) is 64.0 cm³/mol. The van der Waals surface area contributed by atoms with E-state index in [9.17, 15) is 9.18 Å². The summed E-state index contributed by atoms with van der Waals surface area (Å²) in [5, 5.41) is 9.10. The topological polar surface area (TPSA) is 40.5 Å².